The van der Waals surface area contributed by atoms with Crippen LogP contribution < -0.4 is 10.9 Å². The highest BCUT2D eigenvalue weighted by atomic mass is 16.7. The molecule has 14 heavy (non-hydrogen) atoms. The van der Waals surface area contributed by atoms with Crippen LogP contribution in [0.1, 0.15) is 11.1 Å². The first kappa shape index (κ1) is 11.0. The molecule has 0 fully saturated rings. The van der Waals surface area contributed by atoms with Gasteiger partial charge in [-0.05, 0) is 18.2 Å². The normalized spacial score (nSPS) is 15.4. The summed E-state index contributed by atoms with van der Waals surface area (Å²) in [4.78, 5) is 0. The van der Waals surface area contributed by atoms with E-state index in [-0.39, 0.29) is 6.15 Å². The Morgan fingerprint density at radius 2 is 1.71 bits per heavy atom. The quantitative estimate of drug-likeness (QED) is 0.748. The molecule has 1 aromatic carbocycles. The van der Waals surface area contributed by atoms with Crippen LogP contribution in [0.5, 0.6) is 5.75 Å². The molecule has 2 aliphatic carbocycles. The van der Waals surface area contributed by atoms with Crippen LogP contribution in [0.4, 0.5) is 0 Å². The first-order valence-electron chi connectivity index (χ1n) is 4.08. The Labute approximate surface area is 83.4 Å². The molecule has 0 saturated heterocycles. The molecule has 0 aromatic heterocycles. The van der Waals surface area contributed by atoms with Gasteiger partial charge in [-0.25, -0.2) is 0 Å². The number of methoxy groups -OCH3 is 3. The highest BCUT2D eigenvalue weighted by molar-refractivity contribution is 5.54. The maximum Gasteiger partial charge on any atom is 0.225 e. The van der Waals surface area contributed by atoms with Crippen LogP contribution >= 0.6 is 0 Å². The Bertz CT molecular complexity index is 330. The summed E-state index contributed by atoms with van der Waals surface area (Å²) in [5.74, 6) is 0.124. The zero-order valence-corrected chi connectivity index (χ0v) is 8.66. The van der Waals surface area contributed by atoms with Gasteiger partial charge in [0.15, 0.2) is 0 Å². The maximum absolute atomic E-state index is 5.34. The fraction of sp³-hybridized carbons (Fsp3) is 0.400. The molecule has 0 unspecified atom stereocenters. The molecule has 0 saturated carbocycles. The van der Waals surface area contributed by atoms with Crippen LogP contribution in [-0.4, -0.2) is 21.3 Å². The van der Waals surface area contributed by atoms with Crippen LogP contribution in [0.25, 0.3) is 0 Å². The second-order valence-electron chi connectivity index (χ2n) is 2.94. The zero-order chi connectivity index (χ0) is 9.47. The molecule has 4 nitrogen and oxygen atoms in total. The third-order valence-electron chi connectivity index (χ3n) is 2.51. The molecule has 0 aliphatic heterocycles. The lowest BCUT2D eigenvalue weighted by Crippen LogP contribution is -2.39. The van der Waals surface area contributed by atoms with Gasteiger partial charge in [-0.1, -0.05) is 0 Å². The standard InChI is InChI=1S/C10H12O3.H3N/c1-11-9-5-4-7-6-8(9)10(7,12-2)13-3;/h4-6H,1-3H3;1H3. The monoisotopic (exact) mass is 197 g/mol. The molecule has 4 heteroatoms. The molecule has 2 bridgehead atoms. The average Bonchev–Trinajstić information content (AvgIpc) is 2.20. The largest absolute Gasteiger partial charge is 0.496 e. The summed E-state index contributed by atoms with van der Waals surface area (Å²) in [6, 6.07) is 5.87. The van der Waals surface area contributed by atoms with Crippen molar-refractivity contribution in [3.63, 3.8) is 0 Å². The van der Waals surface area contributed by atoms with Crippen molar-refractivity contribution in [2.45, 2.75) is 5.79 Å². The summed E-state index contributed by atoms with van der Waals surface area (Å²) in [7, 11) is 4.89. The van der Waals surface area contributed by atoms with Crippen molar-refractivity contribution in [1.82, 2.24) is 6.15 Å². The van der Waals surface area contributed by atoms with E-state index in [1.807, 2.05) is 18.2 Å². The van der Waals surface area contributed by atoms with E-state index >= 15 is 0 Å². The van der Waals surface area contributed by atoms with E-state index < -0.39 is 5.79 Å². The molecule has 78 valence electrons. The first-order valence-corrected chi connectivity index (χ1v) is 4.08. The second-order valence-corrected chi connectivity index (χ2v) is 2.94. The molecule has 0 amide bonds. The predicted octanol–water partition coefficient (Wildman–Crippen LogP) is 1.66. The Hall–Kier alpha value is -1.10. The molecule has 3 rings (SSSR count). The molecule has 0 atom stereocenters. The van der Waals surface area contributed by atoms with Gasteiger partial charge < -0.3 is 20.4 Å². The van der Waals surface area contributed by atoms with Crippen LogP contribution in [-0.2, 0) is 15.3 Å². The summed E-state index contributed by atoms with van der Waals surface area (Å²) >= 11 is 0. The van der Waals surface area contributed by atoms with Gasteiger partial charge in [-0.2, -0.15) is 0 Å². The van der Waals surface area contributed by atoms with Gasteiger partial charge in [-0.3, -0.25) is 0 Å². The highest BCUT2D eigenvalue weighted by Gasteiger charge is 2.45. The molecule has 2 aliphatic rings. The Kier molecular flexibility index (Phi) is 2.80. The number of ether oxygens (including phenoxy) is 3. The van der Waals surface area contributed by atoms with Crippen LogP contribution in [0.15, 0.2) is 18.2 Å². The van der Waals surface area contributed by atoms with Crippen LogP contribution in [0.3, 0.4) is 0 Å². The van der Waals surface area contributed by atoms with E-state index in [0.29, 0.717) is 0 Å². The van der Waals surface area contributed by atoms with Crippen molar-refractivity contribution in [3.8, 4) is 5.75 Å². The van der Waals surface area contributed by atoms with Crippen molar-refractivity contribution < 1.29 is 14.2 Å². The Morgan fingerprint density at radius 1 is 1.07 bits per heavy atom. The van der Waals surface area contributed by atoms with Crippen LogP contribution in [0, 0.1) is 0 Å². The fourth-order valence-corrected chi connectivity index (χ4v) is 1.79. The van der Waals surface area contributed by atoms with Gasteiger partial charge >= 0.3 is 0 Å². The third-order valence-corrected chi connectivity index (χ3v) is 2.51. The smallest absolute Gasteiger partial charge is 0.225 e. The summed E-state index contributed by atoms with van der Waals surface area (Å²) in [5, 5.41) is 0. The zero-order valence-electron chi connectivity index (χ0n) is 8.66. The molecule has 1 aromatic rings. The second kappa shape index (κ2) is 3.57. The van der Waals surface area contributed by atoms with E-state index in [2.05, 4.69) is 0 Å². The number of benzene rings is 1. The topological polar surface area (TPSA) is 62.7 Å². The molecule has 0 radical (unpaired) electrons. The van der Waals surface area contributed by atoms with Gasteiger partial charge in [0.25, 0.3) is 0 Å². The summed E-state index contributed by atoms with van der Waals surface area (Å²) in [5.41, 5.74) is 1.99. The van der Waals surface area contributed by atoms with E-state index in [9.17, 15) is 0 Å². The third kappa shape index (κ3) is 1.05. The van der Waals surface area contributed by atoms with E-state index in [4.69, 9.17) is 14.2 Å². The molecule has 3 N–H and O–H groups in total. The van der Waals surface area contributed by atoms with Crippen molar-refractivity contribution in [2.24, 2.45) is 0 Å². The van der Waals surface area contributed by atoms with E-state index in [0.717, 1.165) is 16.9 Å². The minimum absolute atomic E-state index is 0. The molecule has 0 heterocycles. The van der Waals surface area contributed by atoms with Crippen molar-refractivity contribution in [3.05, 3.63) is 29.3 Å². The number of rotatable bonds is 3. The SMILES string of the molecule is COc1ccc2cc1C2(OC)OC.N. The van der Waals surface area contributed by atoms with Gasteiger partial charge in [0, 0.05) is 19.8 Å². The van der Waals surface area contributed by atoms with Gasteiger partial charge in [0.2, 0.25) is 5.79 Å². The van der Waals surface area contributed by atoms with Crippen molar-refractivity contribution in [2.75, 3.05) is 21.3 Å². The average molecular weight is 197 g/mol. The van der Waals surface area contributed by atoms with Gasteiger partial charge in [-0.15, -0.1) is 0 Å². The maximum atomic E-state index is 5.34. The van der Waals surface area contributed by atoms with E-state index in [1.54, 1.807) is 21.3 Å². The summed E-state index contributed by atoms with van der Waals surface area (Å²) < 4.78 is 15.9. The minimum atomic E-state index is -0.680. The molecule has 0 spiro atoms. The van der Waals surface area contributed by atoms with Gasteiger partial charge in [0.05, 0.1) is 12.7 Å². The van der Waals surface area contributed by atoms with Gasteiger partial charge in [0.1, 0.15) is 5.75 Å². The predicted molar refractivity (Wildman–Crippen MR) is 52.8 cm³/mol. The highest BCUT2D eigenvalue weighted by Crippen LogP contribution is 2.47. The fourth-order valence-electron chi connectivity index (χ4n) is 1.79. The lowest BCUT2D eigenvalue weighted by atomic mass is 9.84. The summed E-state index contributed by atoms with van der Waals surface area (Å²) in [6.45, 7) is 0. The van der Waals surface area contributed by atoms with Crippen molar-refractivity contribution >= 4 is 0 Å². The lowest BCUT2D eigenvalue weighted by Gasteiger charge is -2.39. The Morgan fingerprint density at radius 3 is 2.14 bits per heavy atom. The minimum Gasteiger partial charge on any atom is -0.496 e. The van der Waals surface area contributed by atoms with E-state index in [1.165, 1.54) is 0 Å². The number of hydrogen-bond acceptors (Lipinski definition) is 4. The lowest BCUT2D eigenvalue weighted by molar-refractivity contribution is -0.194. The molecular formula is C10H15NO3. The van der Waals surface area contributed by atoms with Crippen LogP contribution in [0.2, 0.25) is 0 Å². The first-order chi connectivity index (χ1) is 6.28. The number of hydrogen-bond donors (Lipinski definition) is 1. The number of fused-ring (bicyclic) bond motifs is 2. The molecular weight excluding hydrogens is 182 g/mol. The summed E-state index contributed by atoms with van der Waals surface area (Å²) in [6.07, 6.45) is 0. The van der Waals surface area contributed by atoms with Crippen molar-refractivity contribution in [1.29, 1.82) is 0 Å². The Balaban J connectivity index is 0.000000980.